The Kier molecular flexibility index (Phi) is 4.34. The molecule has 8 heteroatoms. The maximum atomic E-state index is 12.3. The zero-order chi connectivity index (χ0) is 15.0. The molecule has 0 aliphatic carbocycles. The fourth-order valence-corrected chi connectivity index (χ4v) is 4.34. The van der Waals surface area contributed by atoms with Crippen molar-refractivity contribution in [3.63, 3.8) is 0 Å². The molecule has 1 atom stereocenters. The molecular weight excluding hydrogens is 337 g/mol. The normalized spacial score (nSPS) is 24.0. The molecule has 0 amide bonds. The largest absolute Gasteiger partial charge is 0.489 e. The van der Waals surface area contributed by atoms with Gasteiger partial charge in [0, 0.05) is 12.6 Å². The minimum absolute atomic E-state index is 0.169. The minimum atomic E-state index is -3.26. The molecule has 0 bridgehead atoms. The highest BCUT2D eigenvalue weighted by atomic mass is 35.5. The highest BCUT2D eigenvalue weighted by molar-refractivity contribution is 7.89. The zero-order valence-corrected chi connectivity index (χ0v) is 13.5. The van der Waals surface area contributed by atoms with Crippen molar-refractivity contribution in [3.8, 4) is 5.75 Å². The summed E-state index contributed by atoms with van der Waals surface area (Å²) in [4.78, 5) is 0. The van der Waals surface area contributed by atoms with Gasteiger partial charge in [-0.3, -0.25) is 0 Å². The highest BCUT2D eigenvalue weighted by Gasteiger charge is 2.41. The molecule has 0 N–H and O–H groups in total. The first kappa shape index (κ1) is 15.4. The third-order valence-electron chi connectivity index (χ3n) is 3.69. The Morgan fingerprint density at radius 3 is 2.62 bits per heavy atom. The van der Waals surface area contributed by atoms with Gasteiger partial charge in [-0.05, 0) is 18.6 Å². The van der Waals surface area contributed by atoms with Gasteiger partial charge >= 0.3 is 0 Å². The summed E-state index contributed by atoms with van der Waals surface area (Å²) < 4.78 is 36.8. The third-order valence-corrected chi connectivity index (χ3v) is 6.60. The number of benzene rings is 1. The topological polar surface area (TPSA) is 55.8 Å². The van der Waals surface area contributed by atoms with Gasteiger partial charge in [0.25, 0.3) is 0 Å². The van der Waals surface area contributed by atoms with Gasteiger partial charge in [-0.1, -0.05) is 23.2 Å². The summed E-state index contributed by atoms with van der Waals surface area (Å²) in [5.41, 5.74) is 0. The van der Waals surface area contributed by atoms with Crippen LogP contribution >= 0.6 is 23.2 Å². The van der Waals surface area contributed by atoms with Crippen molar-refractivity contribution in [2.24, 2.45) is 0 Å². The second-order valence-corrected chi connectivity index (χ2v) is 8.19. The molecule has 5 nitrogen and oxygen atoms in total. The Bertz CT molecular complexity index is 633. The second kappa shape index (κ2) is 5.93. The van der Waals surface area contributed by atoms with Crippen molar-refractivity contribution in [2.45, 2.75) is 17.8 Å². The van der Waals surface area contributed by atoms with Gasteiger partial charge in [-0.2, -0.15) is 4.31 Å². The fraction of sp³-hybridized carbons (Fsp3) is 0.538. The van der Waals surface area contributed by atoms with Crippen molar-refractivity contribution in [3.05, 3.63) is 28.2 Å². The van der Waals surface area contributed by atoms with Gasteiger partial charge in [0.2, 0.25) is 10.0 Å². The molecule has 3 rings (SSSR count). The standard InChI is InChI=1S/C13H15Cl2NO4S/c14-12-2-1-9(5-13(12)15)20-10-3-4-16(6-10)21(17,18)11-7-19-8-11/h1-2,5,10-11H,3-4,6-8H2. The molecule has 2 heterocycles. The minimum Gasteiger partial charge on any atom is -0.489 e. The number of rotatable bonds is 4. The van der Waals surface area contributed by atoms with E-state index in [0.29, 0.717) is 35.3 Å². The monoisotopic (exact) mass is 351 g/mol. The van der Waals surface area contributed by atoms with Crippen LogP contribution < -0.4 is 4.74 Å². The highest BCUT2D eigenvalue weighted by Crippen LogP contribution is 2.29. The van der Waals surface area contributed by atoms with E-state index < -0.39 is 15.3 Å². The predicted octanol–water partition coefficient (Wildman–Crippen LogP) is 2.18. The van der Waals surface area contributed by atoms with Crippen molar-refractivity contribution in [1.82, 2.24) is 4.31 Å². The first-order chi connectivity index (χ1) is 9.96. The molecule has 1 aromatic carbocycles. The maximum absolute atomic E-state index is 12.3. The molecule has 0 radical (unpaired) electrons. The Hall–Kier alpha value is -0.530. The number of ether oxygens (including phenoxy) is 2. The van der Waals surface area contributed by atoms with Crippen LogP contribution in [0.4, 0.5) is 0 Å². The van der Waals surface area contributed by atoms with Crippen LogP contribution in [0.15, 0.2) is 18.2 Å². The summed E-state index contributed by atoms with van der Waals surface area (Å²) in [5.74, 6) is 0.598. The average Bonchev–Trinajstić information content (AvgIpc) is 2.80. The second-order valence-electron chi connectivity index (χ2n) is 5.17. The fourth-order valence-electron chi connectivity index (χ4n) is 2.36. The molecule has 21 heavy (non-hydrogen) atoms. The summed E-state index contributed by atoms with van der Waals surface area (Å²) >= 11 is 11.8. The van der Waals surface area contributed by atoms with E-state index in [-0.39, 0.29) is 19.3 Å². The van der Waals surface area contributed by atoms with E-state index in [1.165, 1.54) is 4.31 Å². The smallest absolute Gasteiger partial charge is 0.221 e. The molecular formula is C13H15Cl2NO4S. The Morgan fingerprint density at radius 1 is 1.24 bits per heavy atom. The summed E-state index contributed by atoms with van der Waals surface area (Å²) in [6, 6.07) is 5.03. The summed E-state index contributed by atoms with van der Waals surface area (Å²) in [6.07, 6.45) is 0.491. The number of nitrogens with zero attached hydrogens (tertiary/aromatic N) is 1. The molecule has 2 aliphatic rings. The van der Waals surface area contributed by atoms with Crippen LogP contribution in [0.5, 0.6) is 5.75 Å². The Morgan fingerprint density at radius 2 is 2.00 bits per heavy atom. The lowest BCUT2D eigenvalue weighted by Crippen LogP contribution is -2.48. The van der Waals surface area contributed by atoms with Gasteiger partial charge in [0.1, 0.15) is 17.1 Å². The van der Waals surface area contributed by atoms with Crippen LogP contribution in [0.2, 0.25) is 10.0 Å². The summed E-state index contributed by atoms with van der Waals surface area (Å²) in [5, 5.41) is 0.481. The number of sulfonamides is 1. The lowest BCUT2D eigenvalue weighted by Gasteiger charge is -2.29. The van der Waals surface area contributed by atoms with E-state index in [1.807, 2.05) is 0 Å². The zero-order valence-electron chi connectivity index (χ0n) is 11.2. The number of hydrogen-bond acceptors (Lipinski definition) is 4. The Labute approximate surface area is 133 Å². The van der Waals surface area contributed by atoms with E-state index in [4.69, 9.17) is 32.7 Å². The molecule has 2 saturated heterocycles. The number of hydrogen-bond donors (Lipinski definition) is 0. The third kappa shape index (κ3) is 3.14. The van der Waals surface area contributed by atoms with Crippen LogP contribution in [0.25, 0.3) is 0 Å². The SMILES string of the molecule is O=S(=O)(C1COC1)N1CCC(Oc2ccc(Cl)c(Cl)c2)C1. The molecule has 2 aliphatic heterocycles. The molecule has 1 unspecified atom stereocenters. The van der Waals surface area contributed by atoms with E-state index >= 15 is 0 Å². The van der Waals surface area contributed by atoms with Gasteiger partial charge in [0.15, 0.2) is 0 Å². The first-order valence-corrected chi connectivity index (χ1v) is 8.91. The predicted molar refractivity (Wildman–Crippen MR) is 80.6 cm³/mol. The van der Waals surface area contributed by atoms with E-state index in [1.54, 1.807) is 18.2 Å². The van der Waals surface area contributed by atoms with Crippen molar-refractivity contribution < 1.29 is 17.9 Å². The van der Waals surface area contributed by atoms with Crippen molar-refractivity contribution >= 4 is 33.2 Å². The molecule has 2 fully saturated rings. The van der Waals surface area contributed by atoms with Crippen molar-refractivity contribution in [2.75, 3.05) is 26.3 Å². The van der Waals surface area contributed by atoms with Gasteiger partial charge in [-0.25, -0.2) is 8.42 Å². The first-order valence-electron chi connectivity index (χ1n) is 6.65. The van der Waals surface area contributed by atoms with E-state index in [2.05, 4.69) is 0 Å². The van der Waals surface area contributed by atoms with Crippen LogP contribution in [0, 0.1) is 0 Å². The van der Waals surface area contributed by atoms with Gasteiger partial charge in [0.05, 0.1) is 29.8 Å². The van der Waals surface area contributed by atoms with Crippen LogP contribution in [0.3, 0.4) is 0 Å². The molecule has 1 aromatic rings. The molecule has 0 saturated carbocycles. The van der Waals surface area contributed by atoms with Crippen LogP contribution in [-0.4, -0.2) is 50.4 Å². The lowest BCUT2D eigenvalue weighted by atomic mass is 10.3. The average molecular weight is 352 g/mol. The van der Waals surface area contributed by atoms with Crippen LogP contribution in [-0.2, 0) is 14.8 Å². The van der Waals surface area contributed by atoms with Gasteiger partial charge in [-0.15, -0.1) is 0 Å². The molecule has 0 spiro atoms. The maximum Gasteiger partial charge on any atom is 0.221 e. The van der Waals surface area contributed by atoms with Gasteiger partial charge < -0.3 is 9.47 Å². The lowest BCUT2D eigenvalue weighted by molar-refractivity contribution is 0.0393. The van der Waals surface area contributed by atoms with Crippen LogP contribution in [0.1, 0.15) is 6.42 Å². The number of halogens is 2. The molecule has 116 valence electrons. The Balaban J connectivity index is 1.63. The summed E-state index contributed by atoms with van der Waals surface area (Å²) in [7, 11) is -3.26. The summed E-state index contributed by atoms with van der Waals surface area (Å²) in [6.45, 7) is 1.41. The quantitative estimate of drug-likeness (QED) is 0.834. The molecule has 0 aromatic heterocycles. The van der Waals surface area contributed by atoms with Crippen molar-refractivity contribution in [1.29, 1.82) is 0 Å². The van der Waals surface area contributed by atoms with E-state index in [0.717, 1.165) is 0 Å². The van der Waals surface area contributed by atoms with E-state index in [9.17, 15) is 8.42 Å².